The van der Waals surface area contributed by atoms with Gasteiger partial charge in [0.25, 0.3) is 0 Å². The zero-order valence-corrected chi connectivity index (χ0v) is 12.5. The SMILES string of the molecule is CCCCCCCCCCc1ccccc1C=S. The number of aryl methyl sites for hydroxylation is 1. The normalized spacial score (nSPS) is 10.5. The van der Waals surface area contributed by atoms with E-state index < -0.39 is 0 Å². The molecule has 1 rings (SSSR count). The molecule has 0 saturated heterocycles. The van der Waals surface area contributed by atoms with Crippen molar-refractivity contribution in [2.75, 3.05) is 0 Å². The maximum atomic E-state index is 5.04. The van der Waals surface area contributed by atoms with Gasteiger partial charge in [0.1, 0.15) is 0 Å². The lowest BCUT2D eigenvalue weighted by Gasteiger charge is -2.05. The molecule has 0 nitrogen and oxygen atoms in total. The molecule has 100 valence electrons. The first-order valence-electron chi connectivity index (χ1n) is 7.41. The third-order valence-electron chi connectivity index (χ3n) is 3.48. The molecule has 0 unspecified atom stereocenters. The van der Waals surface area contributed by atoms with E-state index in [1.54, 1.807) is 5.37 Å². The van der Waals surface area contributed by atoms with Crippen molar-refractivity contribution in [3.05, 3.63) is 35.4 Å². The molecular weight excluding hydrogens is 236 g/mol. The van der Waals surface area contributed by atoms with Crippen molar-refractivity contribution in [3.8, 4) is 0 Å². The Kier molecular flexibility index (Phi) is 8.75. The first kappa shape index (κ1) is 15.4. The number of unbranched alkanes of at least 4 members (excludes halogenated alkanes) is 7. The second-order valence-electron chi connectivity index (χ2n) is 5.04. The molecule has 0 radical (unpaired) electrons. The molecule has 1 aromatic carbocycles. The zero-order chi connectivity index (χ0) is 13.1. The average Bonchev–Trinajstić information content (AvgIpc) is 2.42. The fraction of sp³-hybridized carbons (Fsp3) is 0.588. The number of rotatable bonds is 10. The van der Waals surface area contributed by atoms with Crippen LogP contribution in [-0.2, 0) is 6.42 Å². The van der Waals surface area contributed by atoms with Gasteiger partial charge in [0.15, 0.2) is 0 Å². The third kappa shape index (κ3) is 6.30. The van der Waals surface area contributed by atoms with Crippen LogP contribution in [0.1, 0.15) is 69.4 Å². The number of thiocarbonyl (C=S) groups is 1. The standard InChI is InChI=1S/C17H26S/c1-2-3-4-5-6-7-8-9-12-16-13-10-11-14-17(16)15-18/h10-11,13-15H,2-9,12H2,1H3. The van der Waals surface area contributed by atoms with Crippen molar-refractivity contribution in [2.45, 2.75) is 64.7 Å². The summed E-state index contributed by atoms with van der Waals surface area (Å²) in [5.74, 6) is 0. The minimum Gasteiger partial charge on any atom is -0.0881 e. The zero-order valence-electron chi connectivity index (χ0n) is 11.7. The van der Waals surface area contributed by atoms with Crippen LogP contribution in [0.15, 0.2) is 24.3 Å². The van der Waals surface area contributed by atoms with Gasteiger partial charge in [0.05, 0.1) is 0 Å². The molecule has 0 aliphatic rings. The summed E-state index contributed by atoms with van der Waals surface area (Å²) in [6.45, 7) is 2.27. The van der Waals surface area contributed by atoms with Gasteiger partial charge in [0.2, 0.25) is 0 Å². The average molecular weight is 262 g/mol. The van der Waals surface area contributed by atoms with Gasteiger partial charge < -0.3 is 0 Å². The Morgan fingerprint density at radius 2 is 1.50 bits per heavy atom. The topological polar surface area (TPSA) is 0 Å². The molecule has 0 aromatic heterocycles. The first-order chi connectivity index (χ1) is 8.88. The number of hydrogen-bond donors (Lipinski definition) is 0. The highest BCUT2D eigenvalue weighted by Crippen LogP contribution is 2.13. The Bertz CT molecular complexity index is 330. The van der Waals surface area contributed by atoms with E-state index in [2.05, 4.69) is 31.2 Å². The Morgan fingerprint density at radius 1 is 0.889 bits per heavy atom. The first-order valence-corrected chi connectivity index (χ1v) is 7.88. The quantitative estimate of drug-likeness (QED) is 0.384. The van der Waals surface area contributed by atoms with Gasteiger partial charge in [-0.2, -0.15) is 0 Å². The van der Waals surface area contributed by atoms with Crippen LogP contribution in [0, 0.1) is 0 Å². The summed E-state index contributed by atoms with van der Waals surface area (Å²) in [4.78, 5) is 0. The van der Waals surface area contributed by atoms with Gasteiger partial charge in [0, 0.05) is 5.37 Å². The van der Waals surface area contributed by atoms with E-state index in [9.17, 15) is 0 Å². The van der Waals surface area contributed by atoms with Gasteiger partial charge in [-0.15, -0.1) is 0 Å². The van der Waals surface area contributed by atoms with Crippen molar-refractivity contribution in [1.82, 2.24) is 0 Å². The fourth-order valence-corrected chi connectivity index (χ4v) is 2.56. The smallest absolute Gasteiger partial charge is 0.00888 e. The predicted molar refractivity (Wildman–Crippen MR) is 85.5 cm³/mol. The lowest BCUT2D eigenvalue weighted by Crippen LogP contribution is -1.92. The molecule has 1 heteroatoms. The summed E-state index contributed by atoms with van der Waals surface area (Å²) in [6, 6.07) is 8.50. The van der Waals surface area contributed by atoms with Crippen LogP contribution in [0.3, 0.4) is 0 Å². The highest BCUT2D eigenvalue weighted by Gasteiger charge is 1.98. The minimum absolute atomic E-state index is 1.18. The number of benzene rings is 1. The van der Waals surface area contributed by atoms with Crippen LogP contribution >= 0.6 is 12.2 Å². The Hall–Kier alpha value is -0.690. The van der Waals surface area contributed by atoms with Crippen molar-refractivity contribution < 1.29 is 0 Å². The maximum absolute atomic E-state index is 5.04. The Labute approximate surface area is 118 Å². The Balaban J connectivity index is 2.09. The van der Waals surface area contributed by atoms with E-state index in [1.807, 2.05) is 0 Å². The molecule has 18 heavy (non-hydrogen) atoms. The van der Waals surface area contributed by atoms with Crippen molar-refractivity contribution >= 4 is 17.6 Å². The molecular formula is C17H26S. The van der Waals surface area contributed by atoms with Gasteiger partial charge in [-0.05, 0) is 24.0 Å². The molecule has 1 aromatic rings. The molecule has 0 N–H and O–H groups in total. The molecule has 0 aliphatic carbocycles. The lowest BCUT2D eigenvalue weighted by molar-refractivity contribution is 0.575. The predicted octanol–water partition coefficient (Wildman–Crippen LogP) is 5.72. The minimum atomic E-state index is 1.18. The lowest BCUT2D eigenvalue weighted by atomic mass is 10.0. The van der Waals surface area contributed by atoms with Crippen LogP contribution in [-0.4, -0.2) is 5.37 Å². The van der Waals surface area contributed by atoms with Gasteiger partial charge in [-0.25, -0.2) is 0 Å². The van der Waals surface area contributed by atoms with Crippen LogP contribution in [0.4, 0.5) is 0 Å². The van der Waals surface area contributed by atoms with Gasteiger partial charge in [-0.1, -0.05) is 88.4 Å². The van der Waals surface area contributed by atoms with E-state index in [0.717, 1.165) is 0 Å². The monoisotopic (exact) mass is 262 g/mol. The van der Waals surface area contributed by atoms with Crippen molar-refractivity contribution in [2.24, 2.45) is 0 Å². The molecule has 0 spiro atoms. The van der Waals surface area contributed by atoms with E-state index >= 15 is 0 Å². The molecule has 0 heterocycles. The second-order valence-corrected chi connectivity index (χ2v) is 5.28. The summed E-state index contributed by atoms with van der Waals surface area (Å²) in [6.07, 6.45) is 12.2. The highest BCUT2D eigenvalue weighted by molar-refractivity contribution is 7.79. The molecule has 0 amide bonds. The van der Waals surface area contributed by atoms with Crippen LogP contribution < -0.4 is 0 Å². The van der Waals surface area contributed by atoms with Crippen LogP contribution in [0.2, 0.25) is 0 Å². The summed E-state index contributed by atoms with van der Waals surface area (Å²) in [7, 11) is 0. The molecule has 0 fully saturated rings. The summed E-state index contributed by atoms with van der Waals surface area (Å²) in [5.41, 5.74) is 2.65. The van der Waals surface area contributed by atoms with Gasteiger partial charge >= 0.3 is 0 Å². The van der Waals surface area contributed by atoms with E-state index in [4.69, 9.17) is 12.2 Å². The summed E-state index contributed by atoms with van der Waals surface area (Å²) >= 11 is 5.04. The summed E-state index contributed by atoms with van der Waals surface area (Å²) < 4.78 is 0. The van der Waals surface area contributed by atoms with Crippen molar-refractivity contribution in [3.63, 3.8) is 0 Å². The largest absolute Gasteiger partial charge is 0.0881 e. The van der Waals surface area contributed by atoms with Crippen LogP contribution in [0.25, 0.3) is 0 Å². The molecule has 0 saturated carbocycles. The second kappa shape index (κ2) is 10.3. The maximum Gasteiger partial charge on any atom is 0.00888 e. The van der Waals surface area contributed by atoms with Crippen LogP contribution in [0.5, 0.6) is 0 Å². The van der Waals surface area contributed by atoms with E-state index in [0.29, 0.717) is 0 Å². The highest BCUT2D eigenvalue weighted by atomic mass is 32.1. The summed E-state index contributed by atoms with van der Waals surface area (Å²) in [5, 5.41) is 1.81. The number of hydrogen-bond acceptors (Lipinski definition) is 1. The fourth-order valence-electron chi connectivity index (χ4n) is 2.33. The molecule has 0 bridgehead atoms. The molecule has 0 atom stereocenters. The van der Waals surface area contributed by atoms with E-state index in [-0.39, 0.29) is 0 Å². The third-order valence-corrected chi connectivity index (χ3v) is 3.74. The van der Waals surface area contributed by atoms with Crippen molar-refractivity contribution in [1.29, 1.82) is 0 Å². The van der Waals surface area contributed by atoms with E-state index in [1.165, 1.54) is 68.9 Å². The Morgan fingerprint density at radius 3 is 2.17 bits per heavy atom. The van der Waals surface area contributed by atoms with Gasteiger partial charge in [-0.3, -0.25) is 0 Å². The molecule has 0 aliphatic heterocycles.